The van der Waals surface area contributed by atoms with Crippen LogP contribution in [0.5, 0.6) is 0 Å². The van der Waals surface area contributed by atoms with Gasteiger partial charge < -0.3 is 10.6 Å². The van der Waals surface area contributed by atoms with Crippen molar-refractivity contribution >= 4 is 11.6 Å². The standard InChI is InChI=1S/C14H21N3O3/c1-14(2,3)16-10-4-9-15-13(18)11-5-7-12(8-6-11)17(19)20/h5-8,16H,4,9-10H2,1-3H3,(H,15,18). The van der Waals surface area contributed by atoms with Crippen LogP contribution in [0, 0.1) is 10.1 Å². The Hall–Kier alpha value is -1.95. The van der Waals surface area contributed by atoms with E-state index >= 15 is 0 Å². The number of carbonyl (C=O) groups excluding carboxylic acids is 1. The maximum atomic E-state index is 11.8. The average Bonchev–Trinajstić information content (AvgIpc) is 2.37. The van der Waals surface area contributed by atoms with Crippen molar-refractivity contribution in [1.29, 1.82) is 0 Å². The first-order chi connectivity index (χ1) is 9.29. The van der Waals surface area contributed by atoms with Crippen molar-refractivity contribution in [3.63, 3.8) is 0 Å². The van der Waals surface area contributed by atoms with Gasteiger partial charge >= 0.3 is 0 Å². The Morgan fingerprint density at radius 2 is 1.80 bits per heavy atom. The second kappa shape index (κ2) is 7.00. The van der Waals surface area contributed by atoms with Crippen LogP contribution in [0.15, 0.2) is 24.3 Å². The summed E-state index contributed by atoms with van der Waals surface area (Å²) in [5.41, 5.74) is 0.484. The molecule has 0 atom stereocenters. The largest absolute Gasteiger partial charge is 0.352 e. The van der Waals surface area contributed by atoms with Crippen LogP contribution in [-0.2, 0) is 0 Å². The minimum atomic E-state index is -0.486. The van der Waals surface area contributed by atoms with Gasteiger partial charge in [-0.3, -0.25) is 14.9 Å². The van der Waals surface area contributed by atoms with Crippen molar-refractivity contribution in [2.45, 2.75) is 32.7 Å². The van der Waals surface area contributed by atoms with E-state index in [1.54, 1.807) is 0 Å². The number of nitro benzene ring substituents is 1. The Morgan fingerprint density at radius 3 is 2.30 bits per heavy atom. The predicted molar refractivity (Wildman–Crippen MR) is 77.8 cm³/mol. The van der Waals surface area contributed by atoms with E-state index in [9.17, 15) is 14.9 Å². The quantitative estimate of drug-likeness (QED) is 0.474. The van der Waals surface area contributed by atoms with Crippen LogP contribution in [0.4, 0.5) is 5.69 Å². The van der Waals surface area contributed by atoms with Gasteiger partial charge in [0.25, 0.3) is 11.6 Å². The van der Waals surface area contributed by atoms with Gasteiger partial charge in [0.05, 0.1) is 4.92 Å². The summed E-state index contributed by atoms with van der Waals surface area (Å²) >= 11 is 0. The second-order valence-corrected chi connectivity index (χ2v) is 5.59. The molecule has 0 saturated heterocycles. The fourth-order valence-electron chi connectivity index (χ4n) is 1.59. The first-order valence-corrected chi connectivity index (χ1v) is 6.57. The molecule has 1 rings (SSSR count). The molecule has 0 aliphatic carbocycles. The van der Waals surface area contributed by atoms with Crippen molar-refractivity contribution in [3.8, 4) is 0 Å². The third-order valence-corrected chi connectivity index (χ3v) is 2.63. The summed E-state index contributed by atoms with van der Waals surface area (Å²) < 4.78 is 0. The number of hydrogen-bond acceptors (Lipinski definition) is 4. The maximum absolute atomic E-state index is 11.8. The summed E-state index contributed by atoms with van der Waals surface area (Å²) in [5.74, 6) is -0.212. The second-order valence-electron chi connectivity index (χ2n) is 5.59. The number of amides is 1. The zero-order chi connectivity index (χ0) is 15.2. The van der Waals surface area contributed by atoms with E-state index in [4.69, 9.17) is 0 Å². The Balaban J connectivity index is 2.34. The van der Waals surface area contributed by atoms with E-state index in [2.05, 4.69) is 31.4 Å². The molecule has 20 heavy (non-hydrogen) atoms. The summed E-state index contributed by atoms with van der Waals surface area (Å²) in [6.07, 6.45) is 0.829. The van der Waals surface area contributed by atoms with E-state index < -0.39 is 4.92 Å². The smallest absolute Gasteiger partial charge is 0.269 e. The fourth-order valence-corrected chi connectivity index (χ4v) is 1.59. The lowest BCUT2D eigenvalue weighted by Crippen LogP contribution is -2.37. The van der Waals surface area contributed by atoms with Crippen LogP contribution in [0.3, 0.4) is 0 Å². The Kier molecular flexibility index (Phi) is 5.64. The Morgan fingerprint density at radius 1 is 1.20 bits per heavy atom. The molecule has 2 N–H and O–H groups in total. The molecule has 0 bridgehead atoms. The van der Waals surface area contributed by atoms with Gasteiger partial charge in [0.2, 0.25) is 0 Å². The number of carbonyl (C=O) groups is 1. The van der Waals surface area contributed by atoms with E-state index in [0.29, 0.717) is 12.1 Å². The zero-order valence-corrected chi connectivity index (χ0v) is 12.1. The van der Waals surface area contributed by atoms with Crippen LogP contribution < -0.4 is 10.6 Å². The summed E-state index contributed by atoms with van der Waals surface area (Å²) in [6.45, 7) is 7.65. The average molecular weight is 279 g/mol. The lowest BCUT2D eigenvalue weighted by molar-refractivity contribution is -0.384. The van der Waals surface area contributed by atoms with Crippen molar-refractivity contribution in [1.82, 2.24) is 10.6 Å². The van der Waals surface area contributed by atoms with Gasteiger partial charge in [-0.25, -0.2) is 0 Å². The number of nitro groups is 1. The molecule has 6 heteroatoms. The lowest BCUT2D eigenvalue weighted by Gasteiger charge is -2.20. The molecule has 6 nitrogen and oxygen atoms in total. The highest BCUT2D eigenvalue weighted by molar-refractivity contribution is 5.94. The molecule has 0 aliphatic rings. The van der Waals surface area contributed by atoms with Crippen LogP contribution in [-0.4, -0.2) is 29.5 Å². The van der Waals surface area contributed by atoms with Gasteiger partial charge in [-0.15, -0.1) is 0 Å². The predicted octanol–water partition coefficient (Wildman–Crippen LogP) is 2.10. The minimum absolute atomic E-state index is 0.0177. The monoisotopic (exact) mass is 279 g/mol. The third-order valence-electron chi connectivity index (χ3n) is 2.63. The number of nitrogens with zero attached hydrogens (tertiary/aromatic N) is 1. The van der Waals surface area contributed by atoms with Gasteiger partial charge in [-0.2, -0.15) is 0 Å². The van der Waals surface area contributed by atoms with E-state index in [1.807, 2.05) is 0 Å². The first kappa shape index (κ1) is 16.1. The molecule has 1 aromatic rings. The molecule has 0 spiro atoms. The fraction of sp³-hybridized carbons (Fsp3) is 0.500. The van der Waals surface area contributed by atoms with Crippen LogP contribution in [0.2, 0.25) is 0 Å². The number of hydrogen-bond donors (Lipinski definition) is 2. The molecule has 0 fully saturated rings. The highest BCUT2D eigenvalue weighted by Gasteiger charge is 2.10. The molecule has 1 aromatic carbocycles. The van der Waals surface area contributed by atoms with Gasteiger partial charge in [-0.05, 0) is 45.9 Å². The summed E-state index contributed by atoms with van der Waals surface area (Å²) in [4.78, 5) is 21.8. The van der Waals surface area contributed by atoms with E-state index in [1.165, 1.54) is 24.3 Å². The van der Waals surface area contributed by atoms with Crippen molar-refractivity contribution in [2.75, 3.05) is 13.1 Å². The van der Waals surface area contributed by atoms with Gasteiger partial charge in [0.1, 0.15) is 0 Å². The molecule has 0 radical (unpaired) electrons. The number of benzene rings is 1. The molecule has 110 valence electrons. The molecule has 1 amide bonds. The normalized spacial score (nSPS) is 11.2. The van der Waals surface area contributed by atoms with Crippen molar-refractivity contribution in [2.24, 2.45) is 0 Å². The van der Waals surface area contributed by atoms with Crippen LogP contribution in [0.25, 0.3) is 0 Å². The zero-order valence-electron chi connectivity index (χ0n) is 12.1. The molecular weight excluding hydrogens is 258 g/mol. The number of non-ortho nitro benzene ring substituents is 1. The molecule has 0 aromatic heterocycles. The SMILES string of the molecule is CC(C)(C)NCCCNC(=O)c1ccc([N+](=O)[O-])cc1. The third kappa shape index (κ3) is 5.79. The molecular formula is C14H21N3O3. The maximum Gasteiger partial charge on any atom is 0.269 e. The van der Waals surface area contributed by atoms with E-state index in [-0.39, 0.29) is 17.1 Å². The van der Waals surface area contributed by atoms with Crippen molar-refractivity contribution in [3.05, 3.63) is 39.9 Å². The van der Waals surface area contributed by atoms with Gasteiger partial charge in [-0.1, -0.05) is 0 Å². The van der Waals surface area contributed by atoms with E-state index in [0.717, 1.165) is 13.0 Å². The van der Waals surface area contributed by atoms with Crippen LogP contribution >= 0.6 is 0 Å². The Labute approximate surface area is 118 Å². The van der Waals surface area contributed by atoms with Gasteiger partial charge in [0.15, 0.2) is 0 Å². The molecule has 0 heterocycles. The Bertz CT molecular complexity index is 464. The summed E-state index contributed by atoms with van der Waals surface area (Å²) in [5, 5.41) is 16.6. The number of nitrogens with one attached hydrogen (secondary N) is 2. The number of rotatable bonds is 6. The first-order valence-electron chi connectivity index (χ1n) is 6.57. The lowest BCUT2D eigenvalue weighted by atomic mass is 10.1. The highest BCUT2D eigenvalue weighted by Crippen LogP contribution is 2.11. The summed E-state index contributed by atoms with van der Waals surface area (Å²) in [7, 11) is 0. The minimum Gasteiger partial charge on any atom is -0.352 e. The van der Waals surface area contributed by atoms with Gasteiger partial charge in [0, 0.05) is 29.8 Å². The molecule has 0 unspecified atom stereocenters. The highest BCUT2D eigenvalue weighted by atomic mass is 16.6. The summed E-state index contributed by atoms with van der Waals surface area (Å²) in [6, 6.07) is 5.58. The van der Waals surface area contributed by atoms with Crippen molar-refractivity contribution < 1.29 is 9.72 Å². The molecule has 0 aliphatic heterocycles. The topological polar surface area (TPSA) is 84.3 Å². The van der Waals surface area contributed by atoms with Crippen LogP contribution in [0.1, 0.15) is 37.6 Å². The molecule has 0 saturated carbocycles.